The molecule has 7 heteroatoms. The Hall–Kier alpha value is -2.99. The van der Waals surface area contributed by atoms with Gasteiger partial charge in [0.15, 0.2) is 0 Å². The molecule has 0 aliphatic heterocycles. The van der Waals surface area contributed by atoms with Crippen LogP contribution in [0.15, 0.2) is 53.8 Å². The van der Waals surface area contributed by atoms with Gasteiger partial charge < -0.3 is 5.11 Å². The average Bonchev–Trinajstić information content (AvgIpc) is 2.55. The third-order valence-electron chi connectivity index (χ3n) is 3.28. The van der Waals surface area contributed by atoms with Crippen molar-refractivity contribution in [3.05, 3.63) is 69.5 Å². The third-order valence-corrected chi connectivity index (χ3v) is 3.50. The fraction of sp³-hybridized carbons (Fsp3) is 0. The zero-order valence-corrected chi connectivity index (χ0v) is 12.4. The molecule has 0 bridgehead atoms. The average molecular weight is 328 g/mol. The first-order chi connectivity index (χ1) is 11.1. The van der Waals surface area contributed by atoms with E-state index < -0.39 is 16.4 Å². The lowest BCUT2D eigenvalue weighted by Crippen LogP contribution is -1.92. The number of halogens is 1. The van der Waals surface area contributed by atoms with E-state index in [1.54, 1.807) is 18.5 Å². The maximum atomic E-state index is 10.9. The van der Waals surface area contributed by atoms with E-state index in [1.807, 2.05) is 18.2 Å². The fourth-order valence-electron chi connectivity index (χ4n) is 2.20. The Morgan fingerprint density at radius 3 is 2.91 bits per heavy atom. The van der Waals surface area contributed by atoms with Crippen LogP contribution in [0, 0.1) is 10.1 Å². The standard InChI is InChI=1S/C16H10ClN3O3/c17-12-6-11(16(21)15(7-12)20(22)23)9-19-14-3-1-2-10-8-18-5-4-13(10)14/h1-9,21H. The number of nitrogens with zero attached hydrogens (tertiary/aromatic N) is 3. The van der Waals surface area contributed by atoms with Gasteiger partial charge in [0.2, 0.25) is 5.75 Å². The Morgan fingerprint density at radius 2 is 2.13 bits per heavy atom. The molecule has 2 aromatic carbocycles. The Balaban J connectivity index is 2.08. The van der Waals surface area contributed by atoms with Gasteiger partial charge in [-0.15, -0.1) is 0 Å². The first-order valence-electron chi connectivity index (χ1n) is 6.60. The highest BCUT2D eigenvalue weighted by molar-refractivity contribution is 6.31. The Kier molecular flexibility index (Phi) is 3.91. The highest BCUT2D eigenvalue weighted by Crippen LogP contribution is 2.33. The van der Waals surface area contributed by atoms with Crippen molar-refractivity contribution in [3.63, 3.8) is 0 Å². The number of phenols is 1. The molecule has 6 nitrogen and oxygen atoms in total. The predicted molar refractivity (Wildman–Crippen MR) is 88.8 cm³/mol. The van der Waals surface area contributed by atoms with Crippen LogP contribution in [0.25, 0.3) is 10.8 Å². The molecule has 0 atom stereocenters. The minimum absolute atomic E-state index is 0.151. The van der Waals surface area contributed by atoms with E-state index in [9.17, 15) is 15.2 Å². The summed E-state index contributed by atoms with van der Waals surface area (Å²) in [7, 11) is 0. The van der Waals surface area contributed by atoms with Gasteiger partial charge in [-0.2, -0.15) is 0 Å². The molecule has 3 rings (SSSR count). The molecule has 0 fully saturated rings. The van der Waals surface area contributed by atoms with E-state index in [2.05, 4.69) is 9.98 Å². The molecule has 0 radical (unpaired) electrons. The Labute approximate surface area is 135 Å². The lowest BCUT2D eigenvalue weighted by molar-refractivity contribution is -0.385. The van der Waals surface area contributed by atoms with Crippen LogP contribution < -0.4 is 0 Å². The van der Waals surface area contributed by atoms with E-state index in [0.29, 0.717) is 5.69 Å². The van der Waals surface area contributed by atoms with Crippen molar-refractivity contribution >= 4 is 40.0 Å². The van der Waals surface area contributed by atoms with Gasteiger partial charge in [0.1, 0.15) is 0 Å². The van der Waals surface area contributed by atoms with E-state index >= 15 is 0 Å². The van der Waals surface area contributed by atoms with Crippen LogP contribution in [0.3, 0.4) is 0 Å². The number of fused-ring (bicyclic) bond motifs is 1. The van der Waals surface area contributed by atoms with Gasteiger partial charge in [0.25, 0.3) is 0 Å². The van der Waals surface area contributed by atoms with Crippen molar-refractivity contribution in [2.75, 3.05) is 0 Å². The van der Waals surface area contributed by atoms with Crippen LogP contribution in [0.1, 0.15) is 5.56 Å². The molecule has 23 heavy (non-hydrogen) atoms. The summed E-state index contributed by atoms with van der Waals surface area (Å²) >= 11 is 5.86. The second kappa shape index (κ2) is 6.02. The summed E-state index contributed by atoms with van der Waals surface area (Å²) in [6.45, 7) is 0. The maximum Gasteiger partial charge on any atom is 0.312 e. The number of aliphatic imine (C=N–C) groups is 1. The number of pyridine rings is 1. The number of hydrogen-bond donors (Lipinski definition) is 1. The number of hydrogen-bond acceptors (Lipinski definition) is 5. The first kappa shape index (κ1) is 14.9. The van der Waals surface area contributed by atoms with Crippen LogP contribution in [-0.4, -0.2) is 21.2 Å². The van der Waals surface area contributed by atoms with Crippen molar-refractivity contribution in [2.24, 2.45) is 4.99 Å². The number of phenolic OH excluding ortho intramolecular Hbond substituents is 1. The molecule has 0 saturated carbocycles. The van der Waals surface area contributed by atoms with E-state index in [4.69, 9.17) is 11.6 Å². The van der Waals surface area contributed by atoms with E-state index in [0.717, 1.165) is 16.8 Å². The minimum Gasteiger partial charge on any atom is -0.502 e. The Morgan fingerprint density at radius 1 is 1.30 bits per heavy atom. The topological polar surface area (TPSA) is 88.6 Å². The molecule has 0 amide bonds. The van der Waals surface area contributed by atoms with Gasteiger partial charge in [-0.1, -0.05) is 23.7 Å². The van der Waals surface area contributed by atoms with E-state index in [1.165, 1.54) is 12.3 Å². The van der Waals surface area contributed by atoms with Gasteiger partial charge in [-0.3, -0.25) is 20.1 Å². The van der Waals surface area contributed by atoms with Gasteiger partial charge in [0.05, 0.1) is 10.6 Å². The number of aromatic nitrogens is 1. The summed E-state index contributed by atoms with van der Waals surface area (Å²) < 4.78 is 0. The summed E-state index contributed by atoms with van der Waals surface area (Å²) in [6.07, 6.45) is 4.72. The molecule has 0 saturated heterocycles. The summed E-state index contributed by atoms with van der Waals surface area (Å²) in [6, 6.07) is 9.87. The SMILES string of the molecule is O=[N+]([O-])c1cc(Cl)cc(C=Nc2cccc3cnccc23)c1O. The lowest BCUT2D eigenvalue weighted by atomic mass is 10.1. The highest BCUT2D eigenvalue weighted by atomic mass is 35.5. The molecule has 0 spiro atoms. The summed E-state index contributed by atoms with van der Waals surface area (Å²) in [5.74, 6) is -0.468. The van der Waals surface area contributed by atoms with Crippen molar-refractivity contribution in [1.82, 2.24) is 4.98 Å². The number of aromatic hydroxyl groups is 1. The maximum absolute atomic E-state index is 10.9. The zero-order chi connectivity index (χ0) is 16.4. The molecular weight excluding hydrogens is 318 g/mol. The van der Waals surface area contributed by atoms with Gasteiger partial charge in [-0.25, -0.2) is 0 Å². The summed E-state index contributed by atoms with van der Waals surface area (Å²) in [5.41, 5.74) is 0.378. The normalized spacial score (nSPS) is 11.2. The molecule has 0 unspecified atom stereocenters. The molecule has 1 N–H and O–H groups in total. The molecule has 1 aromatic heterocycles. The number of benzene rings is 2. The smallest absolute Gasteiger partial charge is 0.312 e. The number of rotatable bonds is 3. The molecule has 0 aliphatic rings. The van der Waals surface area contributed by atoms with Crippen LogP contribution in [-0.2, 0) is 0 Å². The first-order valence-corrected chi connectivity index (χ1v) is 6.98. The minimum atomic E-state index is -0.692. The van der Waals surface area contributed by atoms with Gasteiger partial charge in [-0.05, 0) is 18.2 Å². The predicted octanol–water partition coefficient (Wildman–Crippen LogP) is 4.25. The molecule has 114 valence electrons. The van der Waals surface area contributed by atoms with Crippen LogP contribution in [0.5, 0.6) is 5.75 Å². The number of nitro benzene ring substituents is 1. The quantitative estimate of drug-likeness (QED) is 0.442. The van der Waals surface area contributed by atoms with Gasteiger partial charge >= 0.3 is 5.69 Å². The fourth-order valence-corrected chi connectivity index (χ4v) is 2.42. The van der Waals surface area contributed by atoms with Crippen molar-refractivity contribution in [1.29, 1.82) is 0 Å². The number of nitro groups is 1. The van der Waals surface area contributed by atoms with Crippen molar-refractivity contribution in [2.45, 2.75) is 0 Å². The van der Waals surface area contributed by atoms with Gasteiger partial charge in [0, 0.05) is 46.0 Å². The zero-order valence-electron chi connectivity index (χ0n) is 11.7. The monoisotopic (exact) mass is 327 g/mol. The molecule has 0 aliphatic carbocycles. The van der Waals surface area contributed by atoms with Crippen LogP contribution >= 0.6 is 11.6 Å². The van der Waals surface area contributed by atoms with Crippen LogP contribution in [0.2, 0.25) is 5.02 Å². The second-order valence-electron chi connectivity index (χ2n) is 4.75. The summed E-state index contributed by atoms with van der Waals surface area (Å²) in [5, 5.41) is 22.8. The second-order valence-corrected chi connectivity index (χ2v) is 5.19. The van der Waals surface area contributed by atoms with Crippen LogP contribution in [0.4, 0.5) is 11.4 Å². The lowest BCUT2D eigenvalue weighted by Gasteiger charge is -2.03. The molecule has 1 heterocycles. The van der Waals surface area contributed by atoms with Crippen molar-refractivity contribution in [3.8, 4) is 5.75 Å². The highest BCUT2D eigenvalue weighted by Gasteiger charge is 2.17. The molecule has 3 aromatic rings. The molecular formula is C16H10ClN3O3. The largest absolute Gasteiger partial charge is 0.502 e. The third kappa shape index (κ3) is 2.97. The summed E-state index contributed by atoms with van der Waals surface area (Å²) in [4.78, 5) is 18.6. The van der Waals surface area contributed by atoms with E-state index in [-0.39, 0.29) is 10.6 Å². The van der Waals surface area contributed by atoms with Crippen molar-refractivity contribution < 1.29 is 10.0 Å². The Bertz CT molecular complexity index is 936.